The third-order valence-corrected chi connectivity index (χ3v) is 5.86. The van der Waals surface area contributed by atoms with Gasteiger partial charge in [-0.2, -0.15) is 9.61 Å². The molecule has 7 nitrogen and oxygen atoms in total. The summed E-state index contributed by atoms with van der Waals surface area (Å²) in [7, 11) is 0. The maximum absolute atomic E-state index is 12.3. The average molecular weight is 477 g/mol. The van der Waals surface area contributed by atoms with E-state index in [0.717, 1.165) is 33.5 Å². The lowest BCUT2D eigenvalue weighted by molar-refractivity contribution is 0.0978. The van der Waals surface area contributed by atoms with Gasteiger partial charge in [0, 0.05) is 22.7 Å². The molecule has 30 heavy (non-hydrogen) atoms. The number of carbonyl (C=O) groups excluding carboxylic acids is 1. The SMILES string of the molecule is CCc1nnc2sc(-c3ccc(NC(=S)NC(=O)c4ccc(Cl)cc4Cl)cc3)nn12. The van der Waals surface area contributed by atoms with E-state index < -0.39 is 5.91 Å². The predicted octanol–water partition coefficient (Wildman–Crippen LogP) is 4.85. The van der Waals surface area contributed by atoms with Crippen LogP contribution < -0.4 is 10.6 Å². The second-order valence-electron chi connectivity index (χ2n) is 6.18. The summed E-state index contributed by atoms with van der Waals surface area (Å²) in [6.07, 6.45) is 0.762. The van der Waals surface area contributed by atoms with Crippen molar-refractivity contribution in [3.05, 3.63) is 63.9 Å². The molecule has 0 fully saturated rings. The van der Waals surface area contributed by atoms with Crippen molar-refractivity contribution >= 4 is 68.4 Å². The fraction of sp³-hybridized carbons (Fsp3) is 0.105. The van der Waals surface area contributed by atoms with E-state index in [1.54, 1.807) is 16.6 Å². The van der Waals surface area contributed by atoms with E-state index in [1.165, 1.54) is 17.4 Å². The Morgan fingerprint density at radius 1 is 1.17 bits per heavy atom. The molecule has 0 saturated carbocycles. The maximum atomic E-state index is 12.3. The van der Waals surface area contributed by atoms with Gasteiger partial charge in [0.2, 0.25) is 4.96 Å². The second kappa shape index (κ2) is 8.65. The number of thiocarbonyl (C=S) groups is 1. The lowest BCUT2D eigenvalue weighted by Gasteiger charge is -2.10. The Kier molecular flexibility index (Phi) is 5.96. The Morgan fingerprint density at radius 3 is 2.63 bits per heavy atom. The molecule has 1 amide bonds. The first kappa shape index (κ1) is 20.7. The molecule has 0 saturated heterocycles. The van der Waals surface area contributed by atoms with Crippen LogP contribution in [-0.4, -0.2) is 30.8 Å². The highest BCUT2D eigenvalue weighted by Gasteiger charge is 2.14. The van der Waals surface area contributed by atoms with Crippen molar-refractivity contribution < 1.29 is 4.79 Å². The van der Waals surface area contributed by atoms with Crippen LogP contribution in [0.1, 0.15) is 23.1 Å². The molecule has 2 N–H and O–H groups in total. The molecule has 4 aromatic rings. The van der Waals surface area contributed by atoms with Crippen LogP contribution in [0.15, 0.2) is 42.5 Å². The molecule has 2 aromatic heterocycles. The van der Waals surface area contributed by atoms with Gasteiger partial charge < -0.3 is 5.32 Å². The normalized spacial score (nSPS) is 10.9. The second-order valence-corrected chi connectivity index (χ2v) is 8.39. The fourth-order valence-electron chi connectivity index (χ4n) is 2.70. The Labute approximate surface area is 191 Å². The number of carbonyl (C=O) groups is 1. The summed E-state index contributed by atoms with van der Waals surface area (Å²) in [6, 6.07) is 12.2. The third kappa shape index (κ3) is 4.29. The van der Waals surface area contributed by atoms with Crippen molar-refractivity contribution in [3.8, 4) is 10.6 Å². The number of fused-ring (bicyclic) bond motifs is 1. The summed E-state index contributed by atoms with van der Waals surface area (Å²) >= 11 is 18.6. The molecule has 0 atom stereocenters. The van der Waals surface area contributed by atoms with Crippen LogP contribution in [0.4, 0.5) is 5.69 Å². The molecule has 0 unspecified atom stereocenters. The molecule has 0 aliphatic carbocycles. The van der Waals surface area contributed by atoms with E-state index in [9.17, 15) is 4.79 Å². The van der Waals surface area contributed by atoms with E-state index >= 15 is 0 Å². The summed E-state index contributed by atoms with van der Waals surface area (Å²) in [6.45, 7) is 2.01. The lowest BCUT2D eigenvalue weighted by atomic mass is 10.2. The first-order valence-electron chi connectivity index (χ1n) is 8.83. The van der Waals surface area contributed by atoms with Gasteiger partial charge in [0.1, 0.15) is 5.01 Å². The molecule has 0 bridgehead atoms. The quantitative estimate of drug-likeness (QED) is 0.409. The Bertz CT molecular complexity index is 1250. The number of benzene rings is 2. The van der Waals surface area contributed by atoms with Gasteiger partial charge in [0.15, 0.2) is 10.9 Å². The number of aromatic nitrogens is 4. The topological polar surface area (TPSA) is 84.2 Å². The molecule has 0 spiro atoms. The molecule has 11 heteroatoms. The molecule has 0 aliphatic rings. The minimum Gasteiger partial charge on any atom is -0.332 e. The predicted molar refractivity (Wildman–Crippen MR) is 124 cm³/mol. The zero-order chi connectivity index (χ0) is 21.3. The van der Waals surface area contributed by atoms with Crippen LogP contribution in [-0.2, 0) is 6.42 Å². The largest absolute Gasteiger partial charge is 0.332 e. The number of rotatable bonds is 4. The molecular formula is C19H14Cl2N6OS2. The van der Waals surface area contributed by atoms with Gasteiger partial charge in [0.25, 0.3) is 5.91 Å². The summed E-state index contributed by atoms with van der Waals surface area (Å²) in [5.41, 5.74) is 1.96. The van der Waals surface area contributed by atoms with E-state index in [-0.39, 0.29) is 15.7 Å². The highest BCUT2D eigenvalue weighted by atomic mass is 35.5. The smallest absolute Gasteiger partial charge is 0.258 e. The van der Waals surface area contributed by atoms with Gasteiger partial charge in [-0.3, -0.25) is 10.1 Å². The number of anilines is 1. The van der Waals surface area contributed by atoms with Crippen LogP contribution >= 0.6 is 46.8 Å². The van der Waals surface area contributed by atoms with Crippen LogP contribution in [0.3, 0.4) is 0 Å². The molecule has 2 aromatic carbocycles. The van der Waals surface area contributed by atoms with Crippen molar-refractivity contribution in [1.29, 1.82) is 0 Å². The number of hydrogen-bond acceptors (Lipinski definition) is 6. The van der Waals surface area contributed by atoms with Crippen LogP contribution in [0, 0.1) is 0 Å². The number of hydrogen-bond donors (Lipinski definition) is 2. The van der Waals surface area contributed by atoms with Gasteiger partial charge in [-0.05, 0) is 54.7 Å². The van der Waals surface area contributed by atoms with Gasteiger partial charge >= 0.3 is 0 Å². The highest BCUT2D eigenvalue weighted by Crippen LogP contribution is 2.27. The molecule has 2 heterocycles. The molecule has 0 aliphatic heterocycles. The minimum absolute atomic E-state index is 0.158. The number of amides is 1. The first-order valence-corrected chi connectivity index (χ1v) is 10.8. The van der Waals surface area contributed by atoms with Gasteiger partial charge in [-0.25, -0.2) is 0 Å². The molecule has 0 radical (unpaired) electrons. The van der Waals surface area contributed by atoms with E-state index in [4.69, 9.17) is 35.4 Å². The van der Waals surface area contributed by atoms with Gasteiger partial charge in [0.05, 0.1) is 10.6 Å². The number of nitrogens with zero attached hydrogens (tertiary/aromatic N) is 4. The third-order valence-electron chi connectivity index (χ3n) is 4.16. The van der Waals surface area contributed by atoms with Gasteiger partial charge in [-0.15, -0.1) is 10.2 Å². The van der Waals surface area contributed by atoms with Crippen molar-refractivity contribution in [1.82, 2.24) is 25.1 Å². The van der Waals surface area contributed by atoms with Crippen molar-refractivity contribution in [3.63, 3.8) is 0 Å². The highest BCUT2D eigenvalue weighted by molar-refractivity contribution is 7.80. The monoisotopic (exact) mass is 476 g/mol. The number of halogens is 2. The van der Waals surface area contributed by atoms with Crippen molar-refractivity contribution in [2.75, 3.05) is 5.32 Å². The Balaban J connectivity index is 1.43. The standard InChI is InChI=1S/C19H14Cl2N6OS2/c1-2-15-24-25-19-27(15)26-17(30-19)10-3-6-12(7-4-10)22-18(29)23-16(28)13-8-5-11(20)9-14(13)21/h3-9H,2H2,1H3,(H2,22,23,28,29). The molecule has 4 rings (SSSR count). The van der Waals surface area contributed by atoms with Crippen LogP contribution in [0.5, 0.6) is 0 Å². The summed E-state index contributed by atoms with van der Waals surface area (Å²) in [5.74, 6) is 0.407. The number of aryl methyl sites for hydroxylation is 1. The van der Waals surface area contributed by atoms with Crippen molar-refractivity contribution in [2.24, 2.45) is 0 Å². The van der Waals surface area contributed by atoms with E-state index in [0.29, 0.717) is 5.02 Å². The lowest BCUT2D eigenvalue weighted by Crippen LogP contribution is -2.34. The van der Waals surface area contributed by atoms with Crippen LogP contribution in [0.2, 0.25) is 10.0 Å². The summed E-state index contributed by atoms with van der Waals surface area (Å²) < 4.78 is 1.76. The summed E-state index contributed by atoms with van der Waals surface area (Å²) in [4.78, 5) is 13.1. The first-order chi connectivity index (χ1) is 14.4. The van der Waals surface area contributed by atoms with Crippen LogP contribution in [0.25, 0.3) is 15.5 Å². The summed E-state index contributed by atoms with van der Waals surface area (Å²) in [5, 5.41) is 20.1. The van der Waals surface area contributed by atoms with E-state index in [1.807, 2.05) is 31.2 Å². The fourth-order valence-corrected chi connectivity index (χ4v) is 4.27. The van der Waals surface area contributed by atoms with Crippen molar-refractivity contribution in [2.45, 2.75) is 13.3 Å². The average Bonchev–Trinajstić information content (AvgIpc) is 3.29. The Morgan fingerprint density at radius 2 is 1.93 bits per heavy atom. The molecule has 152 valence electrons. The van der Waals surface area contributed by atoms with Gasteiger partial charge in [-0.1, -0.05) is 41.5 Å². The minimum atomic E-state index is -0.419. The van der Waals surface area contributed by atoms with E-state index in [2.05, 4.69) is 25.9 Å². The Hall–Kier alpha value is -2.59. The molecular weight excluding hydrogens is 463 g/mol. The zero-order valence-corrected chi connectivity index (χ0v) is 18.7. The zero-order valence-electron chi connectivity index (χ0n) is 15.5. The number of nitrogens with one attached hydrogen (secondary N) is 2. The maximum Gasteiger partial charge on any atom is 0.258 e.